The lowest BCUT2D eigenvalue weighted by Gasteiger charge is -2.12. The summed E-state index contributed by atoms with van der Waals surface area (Å²) in [5, 5.41) is 3.09. The Morgan fingerprint density at radius 1 is 1.21 bits per heavy atom. The number of hydrogen-bond acceptors (Lipinski definition) is 3. The van der Waals surface area contributed by atoms with Crippen molar-refractivity contribution in [3.8, 4) is 11.5 Å². The first-order valence-electron chi connectivity index (χ1n) is 5.64. The van der Waals surface area contributed by atoms with Crippen molar-refractivity contribution in [2.45, 2.75) is 6.92 Å². The largest absolute Gasteiger partial charge is 0.495 e. The Hall–Kier alpha value is -1.94. The van der Waals surface area contributed by atoms with Crippen LogP contribution in [-0.2, 0) is 4.79 Å². The van der Waals surface area contributed by atoms with E-state index in [-0.39, 0.29) is 5.91 Å². The third-order valence-electron chi connectivity index (χ3n) is 2.28. The van der Waals surface area contributed by atoms with Gasteiger partial charge in [0.05, 0.1) is 24.9 Å². The number of hydrogen-bond donors (Lipinski definition) is 1. The van der Waals surface area contributed by atoms with Gasteiger partial charge in [0.25, 0.3) is 0 Å². The Labute approximate surface area is 117 Å². The molecule has 0 radical (unpaired) electrons. The van der Waals surface area contributed by atoms with Gasteiger partial charge in [0, 0.05) is 12.1 Å². The number of amides is 1. The maximum atomic E-state index is 11.7. The molecule has 0 aromatic heterocycles. The van der Waals surface area contributed by atoms with Crippen LogP contribution in [0, 0.1) is 0 Å². The summed E-state index contributed by atoms with van der Waals surface area (Å²) in [5.41, 5.74) is 0.489. The molecule has 0 fully saturated rings. The first kappa shape index (κ1) is 15.1. The van der Waals surface area contributed by atoms with Crippen molar-refractivity contribution in [1.29, 1.82) is 0 Å². The number of halogens is 1. The smallest absolute Gasteiger partial charge is 0.248 e. The lowest BCUT2D eigenvalue weighted by Crippen LogP contribution is -2.09. The second-order valence-corrected chi connectivity index (χ2v) is 3.97. The highest BCUT2D eigenvalue weighted by Gasteiger charge is 2.11. The third-order valence-corrected chi connectivity index (χ3v) is 2.58. The van der Waals surface area contributed by atoms with Gasteiger partial charge in [0.2, 0.25) is 5.91 Å². The molecule has 19 heavy (non-hydrogen) atoms. The molecule has 4 nitrogen and oxygen atoms in total. The van der Waals surface area contributed by atoms with E-state index in [9.17, 15) is 4.79 Å². The van der Waals surface area contributed by atoms with E-state index in [4.69, 9.17) is 21.1 Å². The van der Waals surface area contributed by atoms with Crippen molar-refractivity contribution >= 4 is 23.2 Å². The predicted molar refractivity (Wildman–Crippen MR) is 77.1 cm³/mol. The van der Waals surface area contributed by atoms with Crippen molar-refractivity contribution in [3.05, 3.63) is 41.5 Å². The van der Waals surface area contributed by atoms with Crippen LogP contribution < -0.4 is 14.8 Å². The molecule has 5 heteroatoms. The fourth-order valence-corrected chi connectivity index (χ4v) is 1.63. The number of nitrogens with one attached hydrogen (secondary N) is 1. The molecule has 102 valence electrons. The molecule has 0 saturated carbocycles. The number of ether oxygens (including phenoxy) is 2. The van der Waals surface area contributed by atoms with Crippen LogP contribution in [0.25, 0.3) is 0 Å². The lowest BCUT2D eigenvalue weighted by atomic mass is 10.2. The Bertz CT molecular complexity index is 510. The second-order valence-electron chi connectivity index (χ2n) is 3.56. The normalized spacial score (nSPS) is 10.9. The van der Waals surface area contributed by atoms with E-state index < -0.39 is 0 Å². The second kappa shape index (κ2) is 7.48. The van der Waals surface area contributed by atoms with E-state index in [1.165, 1.54) is 20.3 Å². The summed E-state index contributed by atoms with van der Waals surface area (Å²) in [4.78, 5) is 11.7. The predicted octanol–water partition coefficient (Wildman–Crippen LogP) is 3.43. The van der Waals surface area contributed by atoms with Crippen molar-refractivity contribution in [2.24, 2.45) is 0 Å². The van der Waals surface area contributed by atoms with Gasteiger partial charge in [-0.25, -0.2) is 0 Å². The van der Waals surface area contributed by atoms with E-state index in [0.29, 0.717) is 22.2 Å². The summed E-state index contributed by atoms with van der Waals surface area (Å²) in [7, 11) is 3.02. The van der Waals surface area contributed by atoms with Crippen LogP contribution >= 0.6 is 11.6 Å². The van der Waals surface area contributed by atoms with Crippen molar-refractivity contribution in [3.63, 3.8) is 0 Å². The van der Waals surface area contributed by atoms with Crippen LogP contribution in [0.1, 0.15) is 6.92 Å². The molecule has 1 rings (SSSR count). The van der Waals surface area contributed by atoms with Crippen LogP contribution in [0.5, 0.6) is 11.5 Å². The summed E-state index contributed by atoms with van der Waals surface area (Å²) in [6, 6.07) is 3.20. The number of benzene rings is 1. The number of allylic oxidation sites excluding steroid dienone is 3. The molecule has 0 bridgehead atoms. The maximum absolute atomic E-state index is 11.7. The van der Waals surface area contributed by atoms with Gasteiger partial charge in [-0.1, -0.05) is 29.8 Å². The first-order chi connectivity index (χ1) is 9.12. The summed E-state index contributed by atoms with van der Waals surface area (Å²) in [5.74, 6) is 0.702. The fraction of sp³-hybridized carbons (Fsp3) is 0.214. The Balaban J connectivity index is 2.94. The van der Waals surface area contributed by atoms with Gasteiger partial charge in [-0.15, -0.1) is 0 Å². The standard InChI is InChI=1S/C14H16ClNO3/c1-4-5-6-7-14(17)16-11-8-10(15)12(18-2)9-13(11)19-3/h4-9H,1-3H3,(H,16,17). The highest BCUT2D eigenvalue weighted by atomic mass is 35.5. The number of anilines is 1. The third kappa shape index (κ3) is 4.34. The summed E-state index contributed by atoms with van der Waals surface area (Å²) < 4.78 is 10.3. The summed E-state index contributed by atoms with van der Waals surface area (Å²) >= 11 is 6.01. The highest BCUT2D eigenvalue weighted by molar-refractivity contribution is 6.32. The van der Waals surface area contributed by atoms with Gasteiger partial charge in [-0.05, 0) is 13.0 Å². The minimum absolute atomic E-state index is 0.266. The zero-order valence-electron chi connectivity index (χ0n) is 11.1. The SMILES string of the molecule is CC=CC=CC(=O)Nc1cc(Cl)c(OC)cc1OC. The molecule has 0 aliphatic heterocycles. The number of rotatable bonds is 5. The number of carbonyl (C=O) groups is 1. The van der Waals surface area contributed by atoms with Crippen LogP contribution in [0.4, 0.5) is 5.69 Å². The number of carbonyl (C=O) groups excluding carboxylic acids is 1. The van der Waals surface area contributed by atoms with E-state index in [0.717, 1.165) is 0 Å². The van der Waals surface area contributed by atoms with Gasteiger partial charge < -0.3 is 14.8 Å². The molecule has 1 amide bonds. The van der Waals surface area contributed by atoms with Gasteiger partial charge in [0.15, 0.2) is 0 Å². The Kier molecular flexibility index (Phi) is 5.96. The topological polar surface area (TPSA) is 47.6 Å². The Morgan fingerprint density at radius 2 is 1.89 bits per heavy atom. The zero-order chi connectivity index (χ0) is 14.3. The average Bonchev–Trinajstić information content (AvgIpc) is 2.39. The van der Waals surface area contributed by atoms with Gasteiger partial charge in [0.1, 0.15) is 11.5 Å². The lowest BCUT2D eigenvalue weighted by molar-refractivity contribution is -0.111. The highest BCUT2D eigenvalue weighted by Crippen LogP contribution is 2.35. The summed E-state index contributed by atoms with van der Waals surface area (Å²) in [6.45, 7) is 1.87. The van der Waals surface area contributed by atoms with E-state index in [1.807, 2.05) is 13.0 Å². The van der Waals surface area contributed by atoms with Crippen LogP contribution in [0.2, 0.25) is 5.02 Å². The van der Waals surface area contributed by atoms with Gasteiger partial charge in [-0.2, -0.15) is 0 Å². The number of methoxy groups -OCH3 is 2. The van der Waals surface area contributed by atoms with Crippen LogP contribution in [-0.4, -0.2) is 20.1 Å². The van der Waals surface area contributed by atoms with E-state index in [1.54, 1.807) is 24.3 Å². The molecule has 1 aromatic carbocycles. The molecule has 0 spiro atoms. The maximum Gasteiger partial charge on any atom is 0.248 e. The zero-order valence-corrected chi connectivity index (χ0v) is 11.8. The molecule has 0 aliphatic carbocycles. The minimum atomic E-state index is -0.266. The summed E-state index contributed by atoms with van der Waals surface area (Å²) in [6.07, 6.45) is 6.65. The van der Waals surface area contributed by atoms with Crippen molar-refractivity contribution in [2.75, 3.05) is 19.5 Å². The molecule has 1 aromatic rings. The average molecular weight is 282 g/mol. The van der Waals surface area contributed by atoms with Crippen LogP contribution in [0.15, 0.2) is 36.4 Å². The fourth-order valence-electron chi connectivity index (χ4n) is 1.39. The molecule has 0 heterocycles. The molecule has 0 aliphatic rings. The molecular formula is C14H16ClNO3. The molecule has 0 unspecified atom stereocenters. The first-order valence-corrected chi connectivity index (χ1v) is 6.02. The quantitative estimate of drug-likeness (QED) is 0.664. The Morgan fingerprint density at radius 3 is 2.47 bits per heavy atom. The van der Waals surface area contributed by atoms with E-state index >= 15 is 0 Å². The minimum Gasteiger partial charge on any atom is -0.495 e. The molecule has 0 saturated heterocycles. The van der Waals surface area contributed by atoms with Crippen molar-refractivity contribution < 1.29 is 14.3 Å². The monoisotopic (exact) mass is 281 g/mol. The molecule has 1 N–H and O–H groups in total. The van der Waals surface area contributed by atoms with Gasteiger partial charge in [-0.3, -0.25) is 4.79 Å². The molecule has 0 atom stereocenters. The van der Waals surface area contributed by atoms with Crippen molar-refractivity contribution in [1.82, 2.24) is 0 Å². The van der Waals surface area contributed by atoms with Crippen LogP contribution in [0.3, 0.4) is 0 Å². The van der Waals surface area contributed by atoms with E-state index in [2.05, 4.69) is 5.32 Å². The van der Waals surface area contributed by atoms with Gasteiger partial charge >= 0.3 is 0 Å². The molecular weight excluding hydrogens is 266 g/mol.